The molecular weight excluding hydrogens is 353 g/mol. The number of esters is 1. The minimum atomic E-state index is -0.923. The van der Waals surface area contributed by atoms with Gasteiger partial charge in [0.2, 0.25) is 0 Å². The molecule has 7 heteroatoms. The number of benzene rings is 2. The quantitative estimate of drug-likeness (QED) is 0.785. The first-order chi connectivity index (χ1) is 11.5. The summed E-state index contributed by atoms with van der Waals surface area (Å²) in [4.78, 5) is 23.6. The zero-order chi connectivity index (χ0) is 17.5. The molecule has 0 radical (unpaired) electrons. The van der Waals surface area contributed by atoms with Crippen molar-refractivity contribution in [3.8, 4) is 5.75 Å². The molecule has 0 aliphatic rings. The fourth-order valence-corrected chi connectivity index (χ4v) is 2.23. The van der Waals surface area contributed by atoms with Crippen molar-refractivity contribution >= 4 is 40.8 Å². The maximum atomic E-state index is 11.9. The molecule has 1 amide bonds. The van der Waals surface area contributed by atoms with E-state index in [2.05, 4.69) is 5.32 Å². The Morgan fingerprint density at radius 1 is 1.12 bits per heavy atom. The summed E-state index contributed by atoms with van der Waals surface area (Å²) in [5.74, 6) is -0.810. The summed E-state index contributed by atoms with van der Waals surface area (Å²) < 4.78 is 10.3. The lowest BCUT2D eigenvalue weighted by molar-refractivity contribution is -0.153. The van der Waals surface area contributed by atoms with Crippen LogP contribution in [-0.2, 0) is 14.3 Å². The third-order valence-electron chi connectivity index (χ3n) is 2.93. The number of para-hydroxylation sites is 1. The maximum absolute atomic E-state index is 11.9. The molecule has 1 atom stereocenters. The molecule has 2 aromatic carbocycles. The van der Waals surface area contributed by atoms with Crippen molar-refractivity contribution in [2.24, 2.45) is 0 Å². The van der Waals surface area contributed by atoms with Crippen LogP contribution < -0.4 is 10.1 Å². The highest BCUT2D eigenvalue weighted by Crippen LogP contribution is 2.28. The molecule has 1 unspecified atom stereocenters. The lowest BCUT2D eigenvalue weighted by Crippen LogP contribution is -2.29. The molecule has 2 rings (SSSR count). The van der Waals surface area contributed by atoms with Crippen molar-refractivity contribution in [3.63, 3.8) is 0 Å². The second kappa shape index (κ2) is 8.57. The first-order valence-electron chi connectivity index (χ1n) is 7.09. The summed E-state index contributed by atoms with van der Waals surface area (Å²) in [6, 6.07) is 13.5. The lowest BCUT2D eigenvalue weighted by atomic mass is 10.3. The van der Waals surface area contributed by atoms with Gasteiger partial charge in [0.15, 0.2) is 12.7 Å². The van der Waals surface area contributed by atoms with E-state index in [0.29, 0.717) is 16.5 Å². The highest BCUT2D eigenvalue weighted by atomic mass is 35.5. The summed E-state index contributed by atoms with van der Waals surface area (Å²) >= 11 is 11.8. The van der Waals surface area contributed by atoms with E-state index in [4.69, 9.17) is 32.7 Å². The predicted octanol–water partition coefficient (Wildman–Crippen LogP) is 3.94. The van der Waals surface area contributed by atoms with E-state index in [1.54, 1.807) is 36.4 Å². The van der Waals surface area contributed by atoms with Crippen LogP contribution in [0.3, 0.4) is 0 Å². The number of ether oxygens (including phenoxy) is 2. The Morgan fingerprint density at radius 3 is 2.50 bits per heavy atom. The van der Waals surface area contributed by atoms with Gasteiger partial charge in [-0.3, -0.25) is 4.79 Å². The number of anilines is 1. The monoisotopic (exact) mass is 367 g/mol. The highest BCUT2D eigenvalue weighted by molar-refractivity contribution is 6.35. The molecule has 0 saturated carbocycles. The van der Waals surface area contributed by atoms with Crippen LogP contribution in [-0.4, -0.2) is 24.6 Å². The largest absolute Gasteiger partial charge is 0.477 e. The summed E-state index contributed by atoms with van der Waals surface area (Å²) in [5.41, 5.74) is 0.621. The number of nitrogens with one attached hydrogen (secondary N) is 1. The van der Waals surface area contributed by atoms with E-state index < -0.39 is 24.6 Å². The van der Waals surface area contributed by atoms with E-state index in [-0.39, 0.29) is 5.02 Å². The standard InChI is InChI=1S/C17H15Cl2NO4/c1-11(24-15-8-7-12(18)9-14(15)19)17(22)23-10-16(21)20-13-5-3-2-4-6-13/h2-9,11H,10H2,1H3,(H,20,21). The zero-order valence-corrected chi connectivity index (χ0v) is 14.3. The molecule has 0 heterocycles. The molecule has 0 spiro atoms. The average molecular weight is 368 g/mol. The molecule has 0 aliphatic carbocycles. The van der Waals surface area contributed by atoms with Crippen LogP contribution in [0.15, 0.2) is 48.5 Å². The topological polar surface area (TPSA) is 64.6 Å². The van der Waals surface area contributed by atoms with Crippen LogP contribution in [0.25, 0.3) is 0 Å². The molecule has 0 bridgehead atoms. The third-order valence-corrected chi connectivity index (χ3v) is 3.46. The molecule has 0 aliphatic heterocycles. The Labute approximate surface area is 149 Å². The number of rotatable bonds is 6. The number of hydrogen-bond donors (Lipinski definition) is 1. The lowest BCUT2D eigenvalue weighted by Gasteiger charge is -2.15. The highest BCUT2D eigenvalue weighted by Gasteiger charge is 2.19. The Hall–Kier alpha value is -2.24. The molecule has 24 heavy (non-hydrogen) atoms. The first-order valence-corrected chi connectivity index (χ1v) is 7.84. The van der Waals surface area contributed by atoms with E-state index in [0.717, 1.165) is 0 Å². The number of amides is 1. The Morgan fingerprint density at radius 2 is 1.83 bits per heavy atom. The van der Waals surface area contributed by atoms with Gasteiger partial charge in [-0.1, -0.05) is 41.4 Å². The average Bonchev–Trinajstić information content (AvgIpc) is 2.56. The van der Waals surface area contributed by atoms with E-state index in [1.807, 2.05) is 6.07 Å². The maximum Gasteiger partial charge on any atom is 0.347 e. The van der Waals surface area contributed by atoms with Gasteiger partial charge >= 0.3 is 5.97 Å². The van der Waals surface area contributed by atoms with E-state index in [9.17, 15) is 9.59 Å². The van der Waals surface area contributed by atoms with E-state index >= 15 is 0 Å². The van der Waals surface area contributed by atoms with Gasteiger partial charge < -0.3 is 14.8 Å². The van der Waals surface area contributed by atoms with Crippen LogP contribution >= 0.6 is 23.2 Å². The Bertz CT molecular complexity index is 722. The van der Waals surface area contributed by atoms with Gasteiger partial charge in [0.25, 0.3) is 5.91 Å². The summed E-state index contributed by atoms with van der Waals surface area (Å²) in [6.45, 7) is 1.10. The van der Waals surface area contributed by atoms with Gasteiger partial charge in [0.05, 0.1) is 5.02 Å². The summed E-state index contributed by atoms with van der Waals surface area (Å²) in [6.07, 6.45) is -0.923. The zero-order valence-electron chi connectivity index (χ0n) is 12.8. The van der Waals surface area contributed by atoms with Crippen LogP contribution in [0.2, 0.25) is 10.0 Å². The Balaban J connectivity index is 1.82. The van der Waals surface area contributed by atoms with Gasteiger partial charge in [-0.2, -0.15) is 0 Å². The molecule has 5 nitrogen and oxygen atoms in total. The molecule has 0 aromatic heterocycles. The summed E-state index contributed by atoms with van der Waals surface area (Å²) in [5, 5.41) is 3.35. The molecule has 1 N–H and O–H groups in total. The van der Waals surface area contributed by atoms with Crippen LogP contribution in [0.1, 0.15) is 6.92 Å². The summed E-state index contributed by atoms with van der Waals surface area (Å²) in [7, 11) is 0. The Kier molecular flexibility index (Phi) is 6.46. The van der Waals surface area contributed by atoms with Crippen molar-refractivity contribution in [1.29, 1.82) is 0 Å². The number of halogens is 2. The predicted molar refractivity (Wildman–Crippen MR) is 92.6 cm³/mol. The first kappa shape index (κ1) is 18.1. The van der Waals surface area contributed by atoms with Crippen molar-refractivity contribution in [2.75, 3.05) is 11.9 Å². The molecule has 2 aromatic rings. The number of hydrogen-bond acceptors (Lipinski definition) is 4. The molecule has 0 fully saturated rings. The van der Waals surface area contributed by atoms with Crippen molar-refractivity contribution < 1.29 is 19.1 Å². The van der Waals surface area contributed by atoms with Gasteiger partial charge in [-0.25, -0.2) is 4.79 Å². The fraction of sp³-hybridized carbons (Fsp3) is 0.176. The number of carbonyl (C=O) groups excluding carboxylic acids is 2. The van der Waals surface area contributed by atoms with Crippen LogP contribution in [0, 0.1) is 0 Å². The van der Waals surface area contributed by atoms with Gasteiger partial charge in [0.1, 0.15) is 5.75 Å². The van der Waals surface area contributed by atoms with Crippen molar-refractivity contribution in [3.05, 3.63) is 58.6 Å². The van der Waals surface area contributed by atoms with Crippen molar-refractivity contribution in [1.82, 2.24) is 0 Å². The van der Waals surface area contributed by atoms with Crippen LogP contribution in [0.5, 0.6) is 5.75 Å². The fourth-order valence-electron chi connectivity index (χ4n) is 1.78. The minimum Gasteiger partial charge on any atom is -0.477 e. The van der Waals surface area contributed by atoms with E-state index in [1.165, 1.54) is 13.0 Å². The van der Waals surface area contributed by atoms with Gasteiger partial charge in [0, 0.05) is 10.7 Å². The van der Waals surface area contributed by atoms with Gasteiger partial charge in [-0.05, 0) is 37.3 Å². The second-order valence-electron chi connectivity index (χ2n) is 4.86. The van der Waals surface area contributed by atoms with Crippen molar-refractivity contribution in [2.45, 2.75) is 13.0 Å². The normalized spacial score (nSPS) is 11.5. The number of carbonyl (C=O) groups is 2. The van der Waals surface area contributed by atoms with Crippen LogP contribution in [0.4, 0.5) is 5.69 Å². The molecule has 0 saturated heterocycles. The minimum absolute atomic E-state index is 0.281. The molecular formula is C17H15Cl2NO4. The molecule has 126 valence electrons. The SMILES string of the molecule is CC(Oc1ccc(Cl)cc1Cl)C(=O)OCC(=O)Nc1ccccc1. The second-order valence-corrected chi connectivity index (χ2v) is 5.70. The smallest absolute Gasteiger partial charge is 0.347 e. The van der Waals surface area contributed by atoms with Gasteiger partial charge in [-0.15, -0.1) is 0 Å². The third kappa shape index (κ3) is 5.44.